The second-order valence-electron chi connectivity index (χ2n) is 4.08. The molecule has 1 fully saturated rings. The van der Waals surface area contributed by atoms with Gasteiger partial charge in [0.15, 0.2) is 0 Å². The molecule has 0 spiro atoms. The highest BCUT2D eigenvalue weighted by molar-refractivity contribution is 4.75. The monoisotopic (exact) mass is 155 g/mol. The van der Waals surface area contributed by atoms with Crippen LogP contribution in [0, 0.1) is 11.8 Å². The average Bonchev–Trinajstić information content (AvgIpc) is 1.95. The first-order valence-corrected chi connectivity index (χ1v) is 4.92. The fraction of sp³-hybridized carbons (Fsp3) is 1.00. The summed E-state index contributed by atoms with van der Waals surface area (Å²) in [4.78, 5) is 2.46. The Hall–Kier alpha value is -0.0400. The van der Waals surface area contributed by atoms with E-state index < -0.39 is 0 Å². The van der Waals surface area contributed by atoms with Crippen LogP contribution in [0.25, 0.3) is 0 Å². The lowest BCUT2D eigenvalue weighted by molar-refractivity contribution is 0.147. The fourth-order valence-corrected chi connectivity index (χ4v) is 2.20. The molecule has 1 rings (SSSR count). The maximum absolute atomic E-state index is 2.46. The van der Waals surface area contributed by atoms with E-state index in [1.54, 1.807) is 0 Å². The lowest BCUT2D eigenvalue weighted by Crippen LogP contribution is -2.36. The highest BCUT2D eigenvalue weighted by Crippen LogP contribution is 2.26. The molecule has 0 aromatic heterocycles. The summed E-state index contributed by atoms with van der Waals surface area (Å²) in [6, 6.07) is 0. The van der Waals surface area contributed by atoms with Crippen LogP contribution in [0.5, 0.6) is 0 Å². The summed E-state index contributed by atoms with van der Waals surface area (Å²) in [5.41, 5.74) is 0. The quantitative estimate of drug-likeness (QED) is 0.592. The summed E-state index contributed by atoms with van der Waals surface area (Å²) in [6.45, 7) is 7.32. The second-order valence-corrected chi connectivity index (χ2v) is 4.08. The van der Waals surface area contributed by atoms with Crippen molar-refractivity contribution in [3.8, 4) is 0 Å². The standard InChI is InChI=1S/C10H21N/c1-4-5-10-6-7-11(3)8-9(10)2/h9-10H,4-8H2,1-3H3. The first kappa shape index (κ1) is 9.05. The summed E-state index contributed by atoms with van der Waals surface area (Å²) in [5, 5.41) is 0. The maximum atomic E-state index is 2.46. The van der Waals surface area contributed by atoms with Gasteiger partial charge in [0.1, 0.15) is 0 Å². The van der Waals surface area contributed by atoms with Crippen molar-refractivity contribution >= 4 is 0 Å². The zero-order valence-electron chi connectivity index (χ0n) is 8.14. The van der Waals surface area contributed by atoms with Crippen molar-refractivity contribution in [3.63, 3.8) is 0 Å². The van der Waals surface area contributed by atoms with Crippen molar-refractivity contribution in [2.24, 2.45) is 11.8 Å². The smallest absolute Gasteiger partial charge is 0.000662 e. The molecule has 1 heterocycles. The number of nitrogens with zero attached hydrogens (tertiary/aromatic N) is 1. The van der Waals surface area contributed by atoms with E-state index in [9.17, 15) is 0 Å². The summed E-state index contributed by atoms with van der Waals surface area (Å²) >= 11 is 0. The summed E-state index contributed by atoms with van der Waals surface area (Å²) < 4.78 is 0. The molecule has 1 heteroatoms. The fourth-order valence-electron chi connectivity index (χ4n) is 2.20. The van der Waals surface area contributed by atoms with Crippen LogP contribution in [0.3, 0.4) is 0 Å². The zero-order chi connectivity index (χ0) is 8.27. The molecule has 2 unspecified atom stereocenters. The van der Waals surface area contributed by atoms with E-state index in [4.69, 9.17) is 0 Å². The molecule has 0 aliphatic carbocycles. The largest absolute Gasteiger partial charge is 0.306 e. The van der Waals surface area contributed by atoms with Gasteiger partial charge in [0.2, 0.25) is 0 Å². The van der Waals surface area contributed by atoms with Crippen LogP contribution >= 0.6 is 0 Å². The van der Waals surface area contributed by atoms with Crippen LogP contribution in [0.15, 0.2) is 0 Å². The Kier molecular flexibility index (Phi) is 3.38. The molecule has 2 atom stereocenters. The third-order valence-electron chi connectivity index (χ3n) is 2.95. The Morgan fingerprint density at radius 2 is 2.18 bits per heavy atom. The number of hydrogen-bond acceptors (Lipinski definition) is 1. The molecule has 0 saturated carbocycles. The van der Waals surface area contributed by atoms with Crippen molar-refractivity contribution in [2.75, 3.05) is 20.1 Å². The van der Waals surface area contributed by atoms with E-state index in [1.807, 2.05) is 0 Å². The van der Waals surface area contributed by atoms with Crippen LogP contribution in [0.2, 0.25) is 0 Å². The van der Waals surface area contributed by atoms with Crippen molar-refractivity contribution in [2.45, 2.75) is 33.1 Å². The van der Waals surface area contributed by atoms with E-state index in [0.717, 1.165) is 11.8 Å². The Morgan fingerprint density at radius 3 is 2.73 bits per heavy atom. The molecule has 1 nitrogen and oxygen atoms in total. The van der Waals surface area contributed by atoms with Gasteiger partial charge in [-0.3, -0.25) is 0 Å². The average molecular weight is 155 g/mol. The van der Waals surface area contributed by atoms with Gasteiger partial charge in [0.25, 0.3) is 0 Å². The molecule has 0 radical (unpaired) electrons. The Morgan fingerprint density at radius 1 is 1.45 bits per heavy atom. The molecule has 1 aliphatic heterocycles. The Bertz CT molecular complexity index is 111. The van der Waals surface area contributed by atoms with Crippen LogP contribution in [-0.4, -0.2) is 25.0 Å². The SMILES string of the molecule is CCCC1CCN(C)CC1C. The molecular weight excluding hydrogens is 134 g/mol. The van der Waals surface area contributed by atoms with Gasteiger partial charge in [-0.15, -0.1) is 0 Å². The molecule has 1 saturated heterocycles. The van der Waals surface area contributed by atoms with Gasteiger partial charge in [0, 0.05) is 6.54 Å². The predicted molar refractivity (Wildman–Crippen MR) is 49.7 cm³/mol. The van der Waals surface area contributed by atoms with Crippen LogP contribution < -0.4 is 0 Å². The van der Waals surface area contributed by atoms with Crippen molar-refractivity contribution in [1.29, 1.82) is 0 Å². The number of rotatable bonds is 2. The molecular formula is C10H21N. The zero-order valence-corrected chi connectivity index (χ0v) is 8.14. The van der Waals surface area contributed by atoms with Gasteiger partial charge in [0.05, 0.1) is 0 Å². The van der Waals surface area contributed by atoms with Crippen molar-refractivity contribution < 1.29 is 0 Å². The molecule has 0 bridgehead atoms. The van der Waals surface area contributed by atoms with E-state index in [-0.39, 0.29) is 0 Å². The summed E-state index contributed by atoms with van der Waals surface area (Å²) in [5.74, 6) is 1.94. The third kappa shape index (κ3) is 2.48. The molecule has 66 valence electrons. The van der Waals surface area contributed by atoms with E-state index >= 15 is 0 Å². The molecule has 1 aliphatic rings. The van der Waals surface area contributed by atoms with Gasteiger partial charge in [-0.2, -0.15) is 0 Å². The van der Waals surface area contributed by atoms with Gasteiger partial charge in [-0.05, 0) is 31.8 Å². The van der Waals surface area contributed by atoms with E-state index in [0.29, 0.717) is 0 Å². The summed E-state index contributed by atoms with van der Waals surface area (Å²) in [6.07, 6.45) is 4.22. The topological polar surface area (TPSA) is 3.24 Å². The van der Waals surface area contributed by atoms with Crippen molar-refractivity contribution in [3.05, 3.63) is 0 Å². The molecule has 11 heavy (non-hydrogen) atoms. The minimum absolute atomic E-state index is 0.925. The number of piperidine rings is 1. The second kappa shape index (κ2) is 4.10. The minimum Gasteiger partial charge on any atom is -0.306 e. The first-order valence-electron chi connectivity index (χ1n) is 4.92. The van der Waals surface area contributed by atoms with Gasteiger partial charge in [-0.25, -0.2) is 0 Å². The number of likely N-dealkylation sites (tertiary alicyclic amines) is 1. The number of hydrogen-bond donors (Lipinski definition) is 0. The third-order valence-corrected chi connectivity index (χ3v) is 2.95. The van der Waals surface area contributed by atoms with E-state index in [1.165, 1.54) is 32.4 Å². The van der Waals surface area contributed by atoms with Crippen LogP contribution in [-0.2, 0) is 0 Å². The lowest BCUT2D eigenvalue weighted by atomic mass is 9.84. The summed E-state index contributed by atoms with van der Waals surface area (Å²) in [7, 11) is 2.23. The first-order chi connectivity index (χ1) is 5.24. The van der Waals surface area contributed by atoms with Gasteiger partial charge >= 0.3 is 0 Å². The normalized spacial score (nSPS) is 34.1. The van der Waals surface area contributed by atoms with Gasteiger partial charge < -0.3 is 4.90 Å². The Labute approximate surface area is 70.8 Å². The predicted octanol–water partition coefficient (Wildman–Crippen LogP) is 2.37. The molecule has 0 amide bonds. The highest BCUT2D eigenvalue weighted by atomic mass is 15.1. The minimum atomic E-state index is 0.925. The van der Waals surface area contributed by atoms with E-state index in [2.05, 4.69) is 25.8 Å². The maximum Gasteiger partial charge on any atom is 0.000662 e. The van der Waals surface area contributed by atoms with Gasteiger partial charge in [-0.1, -0.05) is 26.7 Å². The van der Waals surface area contributed by atoms with Crippen LogP contribution in [0.1, 0.15) is 33.1 Å². The molecule has 0 aromatic rings. The lowest BCUT2D eigenvalue weighted by Gasteiger charge is -2.34. The van der Waals surface area contributed by atoms with Crippen LogP contribution in [0.4, 0.5) is 0 Å². The Balaban J connectivity index is 2.31. The van der Waals surface area contributed by atoms with Crippen molar-refractivity contribution in [1.82, 2.24) is 4.90 Å². The molecule has 0 N–H and O–H groups in total. The molecule has 0 aromatic carbocycles. The highest BCUT2D eigenvalue weighted by Gasteiger charge is 2.22.